The van der Waals surface area contributed by atoms with Crippen LogP contribution in [0.1, 0.15) is 42.9 Å². The molecule has 7 nitrogen and oxygen atoms in total. The number of nitrogens with zero attached hydrogens (tertiary/aromatic N) is 3. The summed E-state index contributed by atoms with van der Waals surface area (Å²) in [6.45, 7) is 6.15. The van der Waals surface area contributed by atoms with Gasteiger partial charge in [-0.15, -0.1) is 5.10 Å². The van der Waals surface area contributed by atoms with Crippen LogP contribution in [0, 0.1) is 0 Å². The van der Waals surface area contributed by atoms with Crippen LogP contribution < -0.4 is 5.32 Å². The van der Waals surface area contributed by atoms with E-state index in [2.05, 4.69) is 14.9 Å². The Kier molecular flexibility index (Phi) is 7.29. The number of amides is 2. The SMILES string of the molecule is COCCN(C(=O)c1csnn1)C(C(=O)NC(C)(C)C)c1ccc(Cl)cc1. The number of aromatic nitrogens is 2. The Hall–Kier alpha value is -2.03. The van der Waals surface area contributed by atoms with E-state index in [1.54, 1.807) is 36.8 Å². The third-order valence-corrected chi connectivity index (χ3v) is 4.38. The fraction of sp³-hybridized carbons (Fsp3) is 0.444. The van der Waals surface area contributed by atoms with Gasteiger partial charge in [-0.2, -0.15) is 0 Å². The zero-order valence-electron chi connectivity index (χ0n) is 15.7. The van der Waals surface area contributed by atoms with Crippen molar-refractivity contribution in [2.45, 2.75) is 32.4 Å². The van der Waals surface area contributed by atoms with Gasteiger partial charge < -0.3 is 15.0 Å². The number of hydrogen-bond donors (Lipinski definition) is 1. The van der Waals surface area contributed by atoms with Crippen LogP contribution in [0.2, 0.25) is 5.02 Å². The van der Waals surface area contributed by atoms with Crippen molar-refractivity contribution in [2.75, 3.05) is 20.3 Å². The molecule has 1 unspecified atom stereocenters. The van der Waals surface area contributed by atoms with Gasteiger partial charge in [0.25, 0.3) is 5.91 Å². The van der Waals surface area contributed by atoms with Gasteiger partial charge in [-0.3, -0.25) is 9.59 Å². The standard InChI is InChI=1S/C18H23ClN4O3S/c1-18(2,3)20-16(24)15(12-5-7-13(19)8-6-12)23(9-10-26-4)17(25)14-11-27-22-21-14/h5-8,11,15H,9-10H2,1-4H3,(H,20,24). The summed E-state index contributed by atoms with van der Waals surface area (Å²) >= 11 is 7.07. The molecule has 27 heavy (non-hydrogen) atoms. The number of halogens is 1. The second-order valence-corrected chi connectivity index (χ2v) is 8.02. The Balaban J connectivity index is 2.46. The summed E-state index contributed by atoms with van der Waals surface area (Å²) in [6.07, 6.45) is 0. The number of carbonyl (C=O) groups is 2. The molecule has 0 aliphatic heterocycles. The number of methoxy groups -OCH3 is 1. The third-order valence-electron chi connectivity index (χ3n) is 3.62. The number of rotatable bonds is 7. The van der Waals surface area contributed by atoms with E-state index in [0.29, 0.717) is 10.6 Å². The predicted octanol–water partition coefficient (Wildman–Crippen LogP) is 2.94. The summed E-state index contributed by atoms with van der Waals surface area (Å²) in [7, 11) is 1.54. The van der Waals surface area contributed by atoms with Gasteiger partial charge in [0.05, 0.1) is 6.61 Å². The lowest BCUT2D eigenvalue weighted by Gasteiger charge is -2.33. The van der Waals surface area contributed by atoms with E-state index in [0.717, 1.165) is 11.5 Å². The van der Waals surface area contributed by atoms with Crippen LogP contribution in [0.25, 0.3) is 0 Å². The summed E-state index contributed by atoms with van der Waals surface area (Å²) in [6, 6.07) is 6.00. The van der Waals surface area contributed by atoms with E-state index in [1.165, 1.54) is 4.90 Å². The summed E-state index contributed by atoms with van der Waals surface area (Å²) in [5.74, 6) is -0.678. The first-order valence-electron chi connectivity index (χ1n) is 8.37. The first-order chi connectivity index (χ1) is 12.7. The van der Waals surface area contributed by atoms with Gasteiger partial charge in [0, 0.05) is 29.6 Å². The molecule has 2 rings (SSSR count). The lowest BCUT2D eigenvalue weighted by atomic mass is 10.0. The maximum Gasteiger partial charge on any atom is 0.276 e. The molecule has 0 fully saturated rings. The number of hydrogen-bond acceptors (Lipinski definition) is 6. The molecule has 2 amide bonds. The van der Waals surface area contributed by atoms with Crippen LogP contribution in [0.3, 0.4) is 0 Å². The second kappa shape index (κ2) is 9.25. The van der Waals surface area contributed by atoms with Gasteiger partial charge in [-0.1, -0.05) is 28.2 Å². The molecule has 0 spiro atoms. The van der Waals surface area contributed by atoms with E-state index in [4.69, 9.17) is 16.3 Å². The fourth-order valence-electron chi connectivity index (χ4n) is 2.50. The maximum absolute atomic E-state index is 13.1. The van der Waals surface area contributed by atoms with E-state index in [-0.39, 0.29) is 30.7 Å². The van der Waals surface area contributed by atoms with Crippen molar-refractivity contribution in [3.63, 3.8) is 0 Å². The first kappa shape index (κ1) is 21.3. The highest BCUT2D eigenvalue weighted by Gasteiger charge is 2.34. The Morgan fingerprint density at radius 2 is 1.96 bits per heavy atom. The van der Waals surface area contributed by atoms with Crippen LogP contribution >= 0.6 is 23.1 Å². The van der Waals surface area contributed by atoms with Gasteiger partial charge in [0.15, 0.2) is 5.69 Å². The Labute approximate surface area is 167 Å². The minimum absolute atomic E-state index is 0.193. The topological polar surface area (TPSA) is 84.4 Å². The minimum Gasteiger partial charge on any atom is -0.383 e. The average Bonchev–Trinajstić information content (AvgIpc) is 3.12. The largest absolute Gasteiger partial charge is 0.383 e. The smallest absolute Gasteiger partial charge is 0.276 e. The number of benzene rings is 1. The van der Waals surface area contributed by atoms with E-state index >= 15 is 0 Å². The average molecular weight is 411 g/mol. The highest BCUT2D eigenvalue weighted by Crippen LogP contribution is 2.25. The van der Waals surface area contributed by atoms with Gasteiger partial charge in [-0.05, 0) is 50.0 Å². The van der Waals surface area contributed by atoms with Crippen molar-refractivity contribution < 1.29 is 14.3 Å². The zero-order valence-corrected chi connectivity index (χ0v) is 17.3. The molecule has 0 saturated carbocycles. The number of ether oxygens (including phenoxy) is 1. The Bertz CT molecular complexity index is 760. The molecule has 0 aliphatic rings. The van der Waals surface area contributed by atoms with Gasteiger partial charge in [0.2, 0.25) is 5.91 Å². The molecule has 146 valence electrons. The molecule has 1 aromatic heterocycles. The molecule has 0 radical (unpaired) electrons. The van der Waals surface area contributed by atoms with Crippen molar-refractivity contribution >= 4 is 34.9 Å². The van der Waals surface area contributed by atoms with Gasteiger partial charge in [-0.25, -0.2) is 0 Å². The molecular formula is C18H23ClN4O3S. The van der Waals surface area contributed by atoms with E-state index in [9.17, 15) is 9.59 Å². The molecule has 0 aliphatic carbocycles. The van der Waals surface area contributed by atoms with E-state index < -0.39 is 11.6 Å². The second-order valence-electron chi connectivity index (χ2n) is 6.97. The predicted molar refractivity (Wildman–Crippen MR) is 105 cm³/mol. The lowest BCUT2D eigenvalue weighted by Crippen LogP contribution is -2.50. The molecule has 1 atom stereocenters. The summed E-state index contributed by atoms with van der Waals surface area (Å²) in [5.41, 5.74) is 0.382. The molecule has 0 saturated heterocycles. The molecule has 9 heteroatoms. The van der Waals surface area contributed by atoms with Crippen LogP contribution in [-0.2, 0) is 9.53 Å². The molecular weight excluding hydrogens is 388 g/mol. The van der Waals surface area contributed by atoms with Gasteiger partial charge >= 0.3 is 0 Å². The van der Waals surface area contributed by atoms with Crippen LogP contribution in [-0.4, -0.2) is 52.1 Å². The van der Waals surface area contributed by atoms with Crippen LogP contribution in [0.5, 0.6) is 0 Å². The Morgan fingerprint density at radius 3 is 2.48 bits per heavy atom. The first-order valence-corrected chi connectivity index (χ1v) is 9.59. The van der Waals surface area contributed by atoms with Crippen molar-refractivity contribution in [2.24, 2.45) is 0 Å². The number of carbonyl (C=O) groups excluding carboxylic acids is 2. The van der Waals surface area contributed by atoms with Crippen molar-refractivity contribution in [3.8, 4) is 0 Å². The Morgan fingerprint density at radius 1 is 1.30 bits per heavy atom. The van der Waals surface area contributed by atoms with Crippen LogP contribution in [0.4, 0.5) is 0 Å². The molecule has 1 heterocycles. The highest BCUT2D eigenvalue weighted by atomic mass is 35.5. The van der Waals surface area contributed by atoms with E-state index in [1.807, 2.05) is 20.8 Å². The normalized spacial score (nSPS) is 12.5. The number of nitrogens with one attached hydrogen (secondary N) is 1. The molecule has 1 N–H and O–H groups in total. The monoisotopic (exact) mass is 410 g/mol. The van der Waals surface area contributed by atoms with Crippen molar-refractivity contribution in [1.29, 1.82) is 0 Å². The fourth-order valence-corrected chi connectivity index (χ4v) is 3.05. The van der Waals surface area contributed by atoms with Gasteiger partial charge in [0.1, 0.15) is 6.04 Å². The maximum atomic E-state index is 13.1. The summed E-state index contributed by atoms with van der Waals surface area (Å²) in [5, 5.41) is 8.91. The quantitative estimate of drug-likeness (QED) is 0.758. The third kappa shape index (κ3) is 5.98. The molecule has 1 aromatic carbocycles. The minimum atomic E-state index is -0.856. The molecule has 2 aromatic rings. The summed E-state index contributed by atoms with van der Waals surface area (Å²) < 4.78 is 8.89. The van der Waals surface area contributed by atoms with Crippen molar-refractivity contribution in [1.82, 2.24) is 19.8 Å². The zero-order chi connectivity index (χ0) is 20.0. The summed E-state index contributed by atoms with van der Waals surface area (Å²) in [4.78, 5) is 27.6. The van der Waals surface area contributed by atoms with Crippen molar-refractivity contribution in [3.05, 3.63) is 45.9 Å². The molecule has 0 bridgehead atoms. The lowest BCUT2D eigenvalue weighted by molar-refractivity contribution is -0.127. The highest BCUT2D eigenvalue weighted by molar-refractivity contribution is 7.03. The van der Waals surface area contributed by atoms with Crippen LogP contribution in [0.15, 0.2) is 29.6 Å².